The molecule has 1 N–H and O–H groups in total. The Bertz CT molecular complexity index is 380. The second-order valence-corrected chi connectivity index (χ2v) is 5.02. The van der Waals surface area contributed by atoms with Crippen molar-refractivity contribution in [3.63, 3.8) is 0 Å². The highest BCUT2D eigenvalue weighted by atomic mass is 14.9. The van der Waals surface area contributed by atoms with Crippen molar-refractivity contribution in [2.75, 3.05) is 6.54 Å². The molecule has 17 heavy (non-hydrogen) atoms. The van der Waals surface area contributed by atoms with E-state index in [-0.39, 0.29) is 5.92 Å². The maximum atomic E-state index is 9.23. The quantitative estimate of drug-likeness (QED) is 0.859. The Morgan fingerprint density at radius 2 is 2.12 bits per heavy atom. The molecule has 1 aliphatic rings. The minimum atomic E-state index is -0.0241. The molecule has 0 bridgehead atoms. The minimum Gasteiger partial charge on any atom is -0.312 e. The summed E-state index contributed by atoms with van der Waals surface area (Å²) in [6.45, 7) is 3.07. The summed E-state index contributed by atoms with van der Waals surface area (Å²) in [6, 6.07) is 13.1. The van der Waals surface area contributed by atoms with Gasteiger partial charge in [0.2, 0.25) is 0 Å². The first-order chi connectivity index (χ1) is 8.31. The van der Waals surface area contributed by atoms with Gasteiger partial charge in [0, 0.05) is 12.6 Å². The van der Waals surface area contributed by atoms with Crippen LogP contribution >= 0.6 is 0 Å². The van der Waals surface area contributed by atoms with Crippen molar-refractivity contribution in [1.82, 2.24) is 5.32 Å². The summed E-state index contributed by atoms with van der Waals surface area (Å²) in [4.78, 5) is 0. The van der Waals surface area contributed by atoms with E-state index in [1.807, 2.05) is 30.3 Å². The number of nitrogens with zero attached hydrogens (tertiary/aromatic N) is 1. The average Bonchev–Trinajstić information content (AvgIpc) is 2.77. The largest absolute Gasteiger partial charge is 0.312 e. The molecule has 2 heteroatoms. The molecule has 1 aromatic rings. The number of benzene rings is 1. The predicted molar refractivity (Wildman–Crippen MR) is 69.6 cm³/mol. The van der Waals surface area contributed by atoms with Gasteiger partial charge in [0.25, 0.3) is 0 Å². The zero-order valence-corrected chi connectivity index (χ0v) is 10.4. The maximum Gasteiger partial charge on any atom is 0.0837 e. The third-order valence-corrected chi connectivity index (χ3v) is 3.80. The Labute approximate surface area is 104 Å². The lowest BCUT2D eigenvalue weighted by molar-refractivity contribution is 0.423. The Hall–Kier alpha value is -1.33. The van der Waals surface area contributed by atoms with E-state index in [1.54, 1.807) is 0 Å². The van der Waals surface area contributed by atoms with E-state index in [4.69, 9.17) is 0 Å². The lowest BCUT2D eigenvalue weighted by Crippen LogP contribution is -2.34. The molecule has 1 fully saturated rings. The van der Waals surface area contributed by atoms with Gasteiger partial charge in [-0.15, -0.1) is 0 Å². The third-order valence-electron chi connectivity index (χ3n) is 3.80. The van der Waals surface area contributed by atoms with Crippen molar-refractivity contribution in [3.05, 3.63) is 35.9 Å². The van der Waals surface area contributed by atoms with Crippen molar-refractivity contribution >= 4 is 0 Å². The van der Waals surface area contributed by atoms with Gasteiger partial charge in [0.05, 0.1) is 12.0 Å². The van der Waals surface area contributed by atoms with Crippen LogP contribution in [0.4, 0.5) is 0 Å². The zero-order chi connectivity index (χ0) is 12.1. The zero-order valence-electron chi connectivity index (χ0n) is 10.4. The first-order valence-electron chi connectivity index (χ1n) is 6.49. The predicted octanol–water partition coefficient (Wildman–Crippen LogP) is 3.07. The van der Waals surface area contributed by atoms with Crippen LogP contribution in [0.3, 0.4) is 0 Å². The Morgan fingerprint density at radius 1 is 1.35 bits per heavy atom. The van der Waals surface area contributed by atoms with Crippen molar-refractivity contribution in [2.24, 2.45) is 5.92 Å². The minimum absolute atomic E-state index is 0.0241. The number of nitriles is 1. The van der Waals surface area contributed by atoms with Gasteiger partial charge >= 0.3 is 0 Å². The summed E-state index contributed by atoms with van der Waals surface area (Å²) in [6.07, 6.45) is 3.90. The summed E-state index contributed by atoms with van der Waals surface area (Å²) in [5.41, 5.74) is 1.12. The third kappa shape index (κ3) is 3.08. The molecule has 0 amide bonds. The Balaban J connectivity index is 1.91. The molecule has 0 aromatic heterocycles. The molecule has 90 valence electrons. The van der Waals surface area contributed by atoms with Gasteiger partial charge in [-0.25, -0.2) is 0 Å². The molecule has 0 heterocycles. The fourth-order valence-corrected chi connectivity index (χ4v) is 2.64. The standard InChI is InChI=1S/C15H20N2/c1-12-6-5-9-15(12)17-11-14(10-16)13-7-3-2-4-8-13/h2-4,7-8,12,14-15,17H,5-6,9,11H2,1H3. The molecule has 1 aliphatic carbocycles. The van der Waals surface area contributed by atoms with Gasteiger partial charge in [-0.05, 0) is 24.3 Å². The first-order valence-corrected chi connectivity index (χ1v) is 6.49. The Kier molecular flexibility index (Phi) is 4.17. The number of rotatable bonds is 4. The molecule has 0 radical (unpaired) electrons. The second-order valence-electron chi connectivity index (χ2n) is 5.02. The summed E-state index contributed by atoms with van der Waals surface area (Å²) in [5, 5.41) is 12.8. The lowest BCUT2D eigenvalue weighted by atomic mass is 9.99. The van der Waals surface area contributed by atoms with Gasteiger partial charge in [-0.1, -0.05) is 43.7 Å². The Morgan fingerprint density at radius 3 is 2.71 bits per heavy atom. The molecular weight excluding hydrogens is 208 g/mol. The summed E-state index contributed by atoms with van der Waals surface area (Å²) >= 11 is 0. The topological polar surface area (TPSA) is 35.8 Å². The summed E-state index contributed by atoms with van der Waals surface area (Å²) in [7, 11) is 0. The number of hydrogen-bond acceptors (Lipinski definition) is 2. The van der Waals surface area contributed by atoms with Crippen LogP contribution in [0.25, 0.3) is 0 Å². The van der Waals surface area contributed by atoms with E-state index in [2.05, 4.69) is 18.3 Å². The van der Waals surface area contributed by atoms with Crippen LogP contribution in [0.1, 0.15) is 37.7 Å². The molecule has 0 saturated heterocycles. The van der Waals surface area contributed by atoms with Crippen LogP contribution in [0.15, 0.2) is 30.3 Å². The number of nitrogens with one attached hydrogen (secondary N) is 1. The number of hydrogen-bond donors (Lipinski definition) is 1. The lowest BCUT2D eigenvalue weighted by Gasteiger charge is -2.19. The van der Waals surface area contributed by atoms with Gasteiger partial charge in [0.1, 0.15) is 0 Å². The molecule has 1 aromatic carbocycles. The second kappa shape index (κ2) is 5.84. The van der Waals surface area contributed by atoms with Crippen LogP contribution in [0.5, 0.6) is 0 Å². The van der Waals surface area contributed by atoms with Crippen molar-refractivity contribution in [1.29, 1.82) is 5.26 Å². The van der Waals surface area contributed by atoms with E-state index in [0.717, 1.165) is 18.0 Å². The highest BCUT2D eigenvalue weighted by Gasteiger charge is 2.23. The molecule has 0 spiro atoms. The maximum absolute atomic E-state index is 9.23. The normalized spacial score (nSPS) is 25.4. The molecule has 1 saturated carbocycles. The molecule has 0 aliphatic heterocycles. The van der Waals surface area contributed by atoms with E-state index >= 15 is 0 Å². The van der Waals surface area contributed by atoms with Crippen molar-refractivity contribution in [3.8, 4) is 6.07 Å². The summed E-state index contributed by atoms with van der Waals surface area (Å²) < 4.78 is 0. The van der Waals surface area contributed by atoms with Crippen LogP contribution in [-0.4, -0.2) is 12.6 Å². The fraction of sp³-hybridized carbons (Fsp3) is 0.533. The van der Waals surface area contributed by atoms with Crippen LogP contribution in [0, 0.1) is 17.2 Å². The van der Waals surface area contributed by atoms with Crippen LogP contribution in [-0.2, 0) is 0 Å². The van der Waals surface area contributed by atoms with E-state index in [0.29, 0.717) is 6.04 Å². The fourth-order valence-electron chi connectivity index (χ4n) is 2.64. The smallest absolute Gasteiger partial charge is 0.0837 e. The molecule has 2 nitrogen and oxygen atoms in total. The average molecular weight is 228 g/mol. The van der Waals surface area contributed by atoms with Crippen molar-refractivity contribution in [2.45, 2.75) is 38.1 Å². The van der Waals surface area contributed by atoms with Gasteiger partial charge in [-0.3, -0.25) is 0 Å². The SMILES string of the molecule is CC1CCCC1NCC(C#N)c1ccccc1. The molecule has 2 rings (SSSR count). The highest BCUT2D eigenvalue weighted by molar-refractivity contribution is 5.25. The van der Waals surface area contributed by atoms with Crippen LogP contribution in [0.2, 0.25) is 0 Å². The first kappa shape index (κ1) is 12.1. The monoisotopic (exact) mass is 228 g/mol. The van der Waals surface area contributed by atoms with Gasteiger partial charge in [-0.2, -0.15) is 5.26 Å². The summed E-state index contributed by atoms with van der Waals surface area (Å²) in [5.74, 6) is 0.731. The van der Waals surface area contributed by atoms with Gasteiger partial charge in [0.15, 0.2) is 0 Å². The van der Waals surface area contributed by atoms with Crippen molar-refractivity contribution < 1.29 is 0 Å². The van der Waals surface area contributed by atoms with E-state index in [1.165, 1.54) is 19.3 Å². The van der Waals surface area contributed by atoms with E-state index in [9.17, 15) is 5.26 Å². The molecular formula is C15H20N2. The van der Waals surface area contributed by atoms with E-state index < -0.39 is 0 Å². The molecule has 3 atom stereocenters. The molecule has 3 unspecified atom stereocenters. The van der Waals surface area contributed by atoms with Crippen LogP contribution < -0.4 is 5.32 Å². The highest BCUT2D eigenvalue weighted by Crippen LogP contribution is 2.25. The van der Waals surface area contributed by atoms with Gasteiger partial charge < -0.3 is 5.32 Å².